The fourth-order valence-electron chi connectivity index (χ4n) is 2.57. The van der Waals surface area contributed by atoms with Crippen LogP contribution >= 0.6 is 12.4 Å². The number of hydrogen-bond donors (Lipinski definition) is 2. The number of carbonyl (C=O) groups excluding carboxylic acids is 2. The zero-order valence-electron chi connectivity index (χ0n) is 13.6. The lowest BCUT2D eigenvalue weighted by Gasteiger charge is -2.29. The Bertz CT molecular complexity index is 543. The molecule has 23 heavy (non-hydrogen) atoms. The molecule has 1 atom stereocenters. The summed E-state index contributed by atoms with van der Waals surface area (Å²) < 4.78 is 5.06. The van der Waals surface area contributed by atoms with Crippen molar-refractivity contribution < 1.29 is 14.3 Å². The molecule has 1 fully saturated rings. The molecule has 5 nitrogen and oxygen atoms in total. The van der Waals surface area contributed by atoms with E-state index in [0.717, 1.165) is 12.8 Å². The smallest absolute Gasteiger partial charge is 0.220 e. The van der Waals surface area contributed by atoms with Crippen LogP contribution in [0.3, 0.4) is 0 Å². The minimum atomic E-state index is -0.333. The van der Waals surface area contributed by atoms with Gasteiger partial charge in [0.2, 0.25) is 5.91 Å². The van der Waals surface area contributed by atoms with E-state index in [1.54, 1.807) is 31.4 Å². The van der Waals surface area contributed by atoms with Crippen LogP contribution in [0.25, 0.3) is 0 Å². The number of amides is 1. The van der Waals surface area contributed by atoms with Gasteiger partial charge in [0.25, 0.3) is 0 Å². The van der Waals surface area contributed by atoms with Crippen LogP contribution in [0.5, 0.6) is 5.75 Å². The molecular weight excluding hydrogens is 316 g/mol. The number of benzene rings is 1. The van der Waals surface area contributed by atoms with E-state index in [-0.39, 0.29) is 42.5 Å². The van der Waals surface area contributed by atoms with Crippen LogP contribution in [0.1, 0.15) is 43.0 Å². The number of nitrogens with one attached hydrogen (secondary N) is 1. The molecule has 0 spiro atoms. The van der Waals surface area contributed by atoms with Crippen LogP contribution in [0.2, 0.25) is 0 Å². The largest absolute Gasteiger partial charge is 0.497 e. The van der Waals surface area contributed by atoms with Crippen molar-refractivity contribution in [3.63, 3.8) is 0 Å². The first-order chi connectivity index (χ1) is 10.5. The normalized spacial score (nSPS) is 16.0. The summed E-state index contributed by atoms with van der Waals surface area (Å²) in [5, 5.41) is 2.99. The Kier molecular flexibility index (Phi) is 7.03. The third kappa shape index (κ3) is 5.22. The predicted molar refractivity (Wildman–Crippen MR) is 92.1 cm³/mol. The Morgan fingerprint density at radius 2 is 1.87 bits per heavy atom. The summed E-state index contributed by atoms with van der Waals surface area (Å²) in [6.07, 6.45) is 2.61. The summed E-state index contributed by atoms with van der Waals surface area (Å²) >= 11 is 0. The highest BCUT2D eigenvalue weighted by Gasteiger charge is 2.41. The predicted octanol–water partition coefficient (Wildman–Crippen LogP) is 2.32. The van der Waals surface area contributed by atoms with Gasteiger partial charge in [-0.2, -0.15) is 0 Å². The topological polar surface area (TPSA) is 81.4 Å². The Morgan fingerprint density at radius 1 is 1.26 bits per heavy atom. The summed E-state index contributed by atoms with van der Waals surface area (Å²) in [5.74, 6) is 1.02. The van der Waals surface area contributed by atoms with Crippen molar-refractivity contribution in [2.75, 3.05) is 13.7 Å². The number of ketones is 1. The van der Waals surface area contributed by atoms with E-state index in [2.05, 4.69) is 5.32 Å². The number of carbonyl (C=O) groups is 2. The molecule has 1 saturated carbocycles. The molecule has 0 radical (unpaired) electrons. The molecule has 2 rings (SSSR count). The quantitative estimate of drug-likeness (QED) is 0.712. The van der Waals surface area contributed by atoms with Crippen molar-refractivity contribution in [1.82, 2.24) is 5.32 Å². The summed E-state index contributed by atoms with van der Waals surface area (Å²) in [6, 6.07) is 6.91. The van der Waals surface area contributed by atoms with Gasteiger partial charge in [-0.05, 0) is 49.9 Å². The van der Waals surface area contributed by atoms with E-state index in [0.29, 0.717) is 23.8 Å². The van der Waals surface area contributed by atoms with E-state index in [4.69, 9.17) is 10.5 Å². The third-order valence-corrected chi connectivity index (χ3v) is 4.32. The van der Waals surface area contributed by atoms with Crippen LogP contribution < -0.4 is 15.8 Å². The molecule has 3 N–H and O–H groups in total. The zero-order chi connectivity index (χ0) is 16.2. The molecule has 0 aliphatic heterocycles. The molecule has 0 bridgehead atoms. The van der Waals surface area contributed by atoms with E-state index in [1.165, 1.54) is 0 Å². The number of halogens is 1. The number of methoxy groups -OCH3 is 1. The van der Waals surface area contributed by atoms with Crippen LogP contribution in [-0.4, -0.2) is 30.9 Å². The van der Waals surface area contributed by atoms with Gasteiger partial charge >= 0.3 is 0 Å². The first-order valence-electron chi connectivity index (χ1n) is 7.67. The lowest BCUT2D eigenvalue weighted by atomic mass is 9.95. The molecule has 1 aromatic carbocycles. The molecule has 0 heterocycles. The van der Waals surface area contributed by atoms with Crippen molar-refractivity contribution in [3.8, 4) is 5.75 Å². The molecule has 1 aliphatic carbocycles. The third-order valence-electron chi connectivity index (χ3n) is 4.32. The van der Waals surface area contributed by atoms with Gasteiger partial charge in [0, 0.05) is 24.9 Å². The maximum absolute atomic E-state index is 12.1. The van der Waals surface area contributed by atoms with Crippen LogP contribution in [-0.2, 0) is 4.79 Å². The molecule has 0 saturated heterocycles. The highest BCUT2D eigenvalue weighted by Crippen LogP contribution is 2.39. The summed E-state index contributed by atoms with van der Waals surface area (Å²) in [6.45, 7) is 2.41. The van der Waals surface area contributed by atoms with Crippen molar-refractivity contribution >= 4 is 24.1 Å². The Balaban J connectivity index is 0.00000264. The van der Waals surface area contributed by atoms with Crippen molar-refractivity contribution in [2.45, 2.75) is 38.1 Å². The Morgan fingerprint density at radius 3 is 2.35 bits per heavy atom. The summed E-state index contributed by atoms with van der Waals surface area (Å²) in [4.78, 5) is 24.1. The highest BCUT2D eigenvalue weighted by atomic mass is 35.5. The van der Waals surface area contributed by atoms with Crippen molar-refractivity contribution in [3.05, 3.63) is 29.8 Å². The van der Waals surface area contributed by atoms with Crippen molar-refractivity contribution in [2.24, 2.45) is 11.7 Å². The molecule has 1 aromatic rings. The molecular formula is C17H25ClN2O3. The first kappa shape index (κ1) is 19.5. The second-order valence-electron chi connectivity index (χ2n) is 6.10. The minimum Gasteiger partial charge on any atom is -0.497 e. The zero-order valence-corrected chi connectivity index (χ0v) is 14.4. The van der Waals surface area contributed by atoms with Gasteiger partial charge in [0.05, 0.1) is 12.6 Å². The monoisotopic (exact) mass is 340 g/mol. The van der Waals surface area contributed by atoms with Gasteiger partial charge in [0.1, 0.15) is 5.75 Å². The molecule has 1 amide bonds. The van der Waals surface area contributed by atoms with Crippen LogP contribution in [0.4, 0.5) is 0 Å². The molecule has 1 aliphatic rings. The fraction of sp³-hybridized carbons (Fsp3) is 0.529. The van der Waals surface area contributed by atoms with Gasteiger partial charge in [0.15, 0.2) is 5.78 Å². The van der Waals surface area contributed by atoms with E-state index in [9.17, 15) is 9.59 Å². The lowest BCUT2D eigenvalue weighted by Crippen LogP contribution is -2.53. The van der Waals surface area contributed by atoms with Gasteiger partial charge in [-0.15, -0.1) is 12.4 Å². The molecule has 1 unspecified atom stereocenters. The standard InChI is InChI=1S/C17H24N2O3.ClH/c1-17(11-18,13-5-6-13)19-16(21)10-9-15(20)12-3-7-14(22-2)8-4-12;/h3-4,7-8,13H,5-6,9-11,18H2,1-2H3,(H,19,21);1H. The van der Waals surface area contributed by atoms with E-state index < -0.39 is 0 Å². The second kappa shape index (κ2) is 8.31. The second-order valence-corrected chi connectivity index (χ2v) is 6.10. The first-order valence-corrected chi connectivity index (χ1v) is 7.67. The molecule has 6 heteroatoms. The van der Waals surface area contributed by atoms with Gasteiger partial charge < -0.3 is 15.8 Å². The van der Waals surface area contributed by atoms with Gasteiger partial charge in [-0.25, -0.2) is 0 Å². The maximum Gasteiger partial charge on any atom is 0.220 e. The SMILES string of the molecule is COc1ccc(C(=O)CCC(=O)NC(C)(CN)C2CC2)cc1.Cl. The Labute approximate surface area is 143 Å². The number of Topliss-reactive ketones (excluding diaryl/α,β-unsaturated/α-hetero) is 1. The lowest BCUT2D eigenvalue weighted by molar-refractivity contribution is -0.123. The van der Waals surface area contributed by atoms with Gasteiger partial charge in [-0.3, -0.25) is 9.59 Å². The molecule has 128 valence electrons. The number of ether oxygens (including phenoxy) is 1. The fourth-order valence-corrected chi connectivity index (χ4v) is 2.57. The average Bonchev–Trinajstić information content (AvgIpc) is 3.38. The summed E-state index contributed by atoms with van der Waals surface area (Å²) in [5.41, 5.74) is 6.04. The van der Waals surface area contributed by atoms with Crippen molar-refractivity contribution in [1.29, 1.82) is 0 Å². The highest BCUT2D eigenvalue weighted by molar-refractivity contribution is 5.98. The molecule has 0 aromatic heterocycles. The van der Waals surface area contributed by atoms with E-state index in [1.807, 2.05) is 6.92 Å². The summed E-state index contributed by atoms with van der Waals surface area (Å²) in [7, 11) is 1.58. The van der Waals surface area contributed by atoms with Crippen LogP contribution in [0, 0.1) is 5.92 Å². The Hall–Kier alpha value is -1.59. The van der Waals surface area contributed by atoms with Gasteiger partial charge in [-0.1, -0.05) is 0 Å². The average molecular weight is 341 g/mol. The number of nitrogens with two attached hydrogens (primary N) is 1. The van der Waals surface area contributed by atoms with Crippen LogP contribution in [0.15, 0.2) is 24.3 Å². The number of hydrogen-bond acceptors (Lipinski definition) is 4. The van der Waals surface area contributed by atoms with E-state index >= 15 is 0 Å². The maximum atomic E-state index is 12.1. The number of rotatable bonds is 8. The minimum absolute atomic E-state index is 0.